The number of hydrogen-bond donors (Lipinski definition) is 2. The Kier molecular flexibility index (Phi) is 5.53. The third-order valence-electron chi connectivity index (χ3n) is 4.50. The van der Waals surface area contributed by atoms with E-state index in [2.05, 4.69) is 15.6 Å². The molecule has 2 aromatic carbocycles. The largest absolute Gasteiger partial charge is 0.494 e. The molecular weight excluding hydrogens is 390 g/mol. The number of halogens is 1. The lowest BCUT2D eigenvalue weighted by molar-refractivity contribution is 0.101. The number of nitrogens with one attached hydrogen (secondary N) is 2. The summed E-state index contributed by atoms with van der Waals surface area (Å²) in [5.74, 6) is 1.01. The zero-order chi connectivity index (χ0) is 20.2. The quantitative estimate of drug-likeness (QED) is 0.625. The topological polar surface area (TPSA) is 72.5 Å². The molecule has 0 saturated heterocycles. The van der Waals surface area contributed by atoms with Crippen LogP contribution in [-0.4, -0.2) is 24.0 Å². The van der Waals surface area contributed by atoms with Crippen LogP contribution in [0.2, 0.25) is 5.02 Å². The SMILES string of the molecule is CCOc1ccc(NC(=O)c2cccc3c2OC(c2ccc(Cl)cn2)CN3)cc1. The van der Waals surface area contributed by atoms with Crippen molar-refractivity contribution in [3.63, 3.8) is 0 Å². The Hall–Kier alpha value is -3.25. The van der Waals surface area contributed by atoms with Gasteiger partial charge >= 0.3 is 0 Å². The molecule has 148 valence electrons. The highest BCUT2D eigenvalue weighted by Crippen LogP contribution is 2.37. The summed E-state index contributed by atoms with van der Waals surface area (Å²) in [7, 11) is 0. The highest BCUT2D eigenvalue weighted by atomic mass is 35.5. The van der Waals surface area contributed by atoms with E-state index in [0.29, 0.717) is 35.2 Å². The van der Waals surface area contributed by atoms with Gasteiger partial charge in [0.15, 0.2) is 11.9 Å². The molecule has 2 heterocycles. The molecule has 1 amide bonds. The molecule has 3 aromatic rings. The maximum Gasteiger partial charge on any atom is 0.259 e. The fraction of sp³-hybridized carbons (Fsp3) is 0.182. The minimum Gasteiger partial charge on any atom is -0.494 e. The first kappa shape index (κ1) is 19.1. The van der Waals surface area contributed by atoms with Crippen molar-refractivity contribution in [1.29, 1.82) is 0 Å². The number of anilines is 2. The number of benzene rings is 2. The van der Waals surface area contributed by atoms with Gasteiger partial charge in [-0.3, -0.25) is 9.78 Å². The molecule has 7 heteroatoms. The molecule has 2 N–H and O–H groups in total. The molecule has 0 spiro atoms. The number of fused-ring (bicyclic) bond motifs is 1. The zero-order valence-electron chi connectivity index (χ0n) is 15.8. The van der Waals surface area contributed by atoms with E-state index in [9.17, 15) is 4.79 Å². The van der Waals surface area contributed by atoms with E-state index in [1.807, 2.05) is 37.3 Å². The predicted molar refractivity (Wildman–Crippen MR) is 113 cm³/mol. The molecule has 0 saturated carbocycles. The van der Waals surface area contributed by atoms with Crippen molar-refractivity contribution >= 4 is 28.9 Å². The van der Waals surface area contributed by atoms with Gasteiger partial charge < -0.3 is 20.1 Å². The van der Waals surface area contributed by atoms with Gasteiger partial charge in [-0.05, 0) is 55.5 Å². The first-order chi connectivity index (χ1) is 14.1. The van der Waals surface area contributed by atoms with Gasteiger partial charge in [-0.1, -0.05) is 17.7 Å². The Labute approximate surface area is 173 Å². The fourth-order valence-electron chi connectivity index (χ4n) is 3.11. The molecule has 1 unspecified atom stereocenters. The monoisotopic (exact) mass is 409 g/mol. The molecule has 1 aromatic heterocycles. The first-order valence-electron chi connectivity index (χ1n) is 9.33. The molecule has 1 atom stereocenters. The second kappa shape index (κ2) is 8.41. The van der Waals surface area contributed by atoms with Crippen LogP contribution in [0.3, 0.4) is 0 Å². The summed E-state index contributed by atoms with van der Waals surface area (Å²) in [5, 5.41) is 6.78. The fourth-order valence-corrected chi connectivity index (χ4v) is 3.22. The minimum atomic E-state index is -0.320. The maximum absolute atomic E-state index is 12.9. The van der Waals surface area contributed by atoms with Gasteiger partial charge in [0, 0.05) is 11.9 Å². The van der Waals surface area contributed by atoms with E-state index in [4.69, 9.17) is 21.1 Å². The summed E-state index contributed by atoms with van der Waals surface area (Å²) in [6.45, 7) is 3.07. The Balaban J connectivity index is 1.54. The Morgan fingerprint density at radius 3 is 2.79 bits per heavy atom. The maximum atomic E-state index is 12.9. The van der Waals surface area contributed by atoms with E-state index >= 15 is 0 Å². The second-order valence-corrected chi connectivity index (χ2v) is 6.92. The molecule has 0 bridgehead atoms. The van der Waals surface area contributed by atoms with Crippen LogP contribution in [0.5, 0.6) is 11.5 Å². The summed E-state index contributed by atoms with van der Waals surface area (Å²) >= 11 is 5.92. The summed E-state index contributed by atoms with van der Waals surface area (Å²) in [6.07, 6.45) is 1.26. The van der Waals surface area contributed by atoms with Gasteiger partial charge in [0.2, 0.25) is 0 Å². The molecule has 0 radical (unpaired) electrons. The number of carbonyl (C=O) groups is 1. The minimum absolute atomic E-state index is 0.252. The number of carbonyl (C=O) groups excluding carboxylic acids is 1. The van der Waals surface area contributed by atoms with E-state index < -0.39 is 0 Å². The van der Waals surface area contributed by atoms with Crippen LogP contribution in [0.1, 0.15) is 29.1 Å². The lowest BCUT2D eigenvalue weighted by Crippen LogP contribution is -2.26. The Morgan fingerprint density at radius 1 is 1.24 bits per heavy atom. The summed E-state index contributed by atoms with van der Waals surface area (Å²) in [4.78, 5) is 17.2. The van der Waals surface area contributed by atoms with E-state index in [0.717, 1.165) is 17.1 Å². The smallest absolute Gasteiger partial charge is 0.259 e. The van der Waals surface area contributed by atoms with E-state index in [1.54, 1.807) is 30.5 Å². The molecule has 0 fully saturated rings. The molecule has 0 aliphatic carbocycles. The van der Waals surface area contributed by atoms with Crippen LogP contribution in [0.25, 0.3) is 0 Å². The highest BCUT2D eigenvalue weighted by Gasteiger charge is 2.26. The van der Waals surface area contributed by atoms with Gasteiger partial charge in [0.1, 0.15) is 5.75 Å². The van der Waals surface area contributed by atoms with Crippen molar-refractivity contribution < 1.29 is 14.3 Å². The van der Waals surface area contributed by atoms with Crippen molar-refractivity contribution in [1.82, 2.24) is 4.98 Å². The summed E-state index contributed by atoms with van der Waals surface area (Å²) in [6, 6.07) is 16.3. The Bertz CT molecular complexity index is 1010. The number of para-hydroxylation sites is 1. The number of hydrogen-bond acceptors (Lipinski definition) is 5. The molecule has 1 aliphatic rings. The lowest BCUT2D eigenvalue weighted by atomic mass is 10.1. The van der Waals surface area contributed by atoms with Crippen molar-refractivity contribution in [2.75, 3.05) is 23.8 Å². The van der Waals surface area contributed by atoms with Crippen LogP contribution >= 0.6 is 11.6 Å². The van der Waals surface area contributed by atoms with Crippen LogP contribution in [0.15, 0.2) is 60.8 Å². The van der Waals surface area contributed by atoms with Gasteiger partial charge in [0.25, 0.3) is 5.91 Å². The predicted octanol–water partition coefficient (Wildman–Crippen LogP) is 4.93. The van der Waals surface area contributed by atoms with Crippen molar-refractivity contribution in [3.8, 4) is 11.5 Å². The molecule has 29 heavy (non-hydrogen) atoms. The van der Waals surface area contributed by atoms with Gasteiger partial charge in [-0.2, -0.15) is 0 Å². The number of amides is 1. The van der Waals surface area contributed by atoms with Crippen LogP contribution in [0, 0.1) is 0 Å². The van der Waals surface area contributed by atoms with Crippen LogP contribution in [0.4, 0.5) is 11.4 Å². The zero-order valence-corrected chi connectivity index (χ0v) is 16.6. The van der Waals surface area contributed by atoms with Crippen molar-refractivity contribution in [2.24, 2.45) is 0 Å². The molecular formula is C22H20ClN3O3. The molecule has 6 nitrogen and oxygen atoms in total. The third kappa shape index (κ3) is 4.27. The lowest BCUT2D eigenvalue weighted by Gasteiger charge is -2.28. The number of aromatic nitrogens is 1. The third-order valence-corrected chi connectivity index (χ3v) is 4.72. The average molecular weight is 410 g/mol. The highest BCUT2D eigenvalue weighted by molar-refractivity contribution is 6.30. The Morgan fingerprint density at radius 2 is 2.07 bits per heavy atom. The molecule has 1 aliphatic heterocycles. The van der Waals surface area contributed by atoms with E-state index in [-0.39, 0.29) is 12.0 Å². The van der Waals surface area contributed by atoms with E-state index in [1.165, 1.54) is 0 Å². The average Bonchev–Trinajstić information content (AvgIpc) is 2.75. The van der Waals surface area contributed by atoms with Crippen LogP contribution < -0.4 is 20.1 Å². The normalized spacial score (nSPS) is 14.9. The number of rotatable bonds is 5. The number of ether oxygens (including phenoxy) is 2. The van der Waals surface area contributed by atoms with Crippen molar-refractivity contribution in [2.45, 2.75) is 13.0 Å². The van der Waals surface area contributed by atoms with Crippen LogP contribution in [-0.2, 0) is 0 Å². The first-order valence-corrected chi connectivity index (χ1v) is 9.71. The summed E-state index contributed by atoms with van der Waals surface area (Å²) < 4.78 is 11.6. The van der Waals surface area contributed by atoms with Crippen molar-refractivity contribution in [3.05, 3.63) is 77.1 Å². The number of pyridine rings is 1. The standard InChI is InChI=1S/C22H20ClN3O3/c1-2-28-16-9-7-15(8-10-16)26-22(27)17-4-3-5-19-21(17)29-20(13-25-19)18-11-6-14(23)12-24-18/h3-12,20,25H,2,13H2,1H3,(H,26,27). The van der Waals surface area contributed by atoms with Gasteiger partial charge in [0.05, 0.1) is 35.1 Å². The second-order valence-electron chi connectivity index (χ2n) is 6.48. The van der Waals surface area contributed by atoms with Gasteiger partial charge in [-0.15, -0.1) is 0 Å². The number of nitrogens with zero attached hydrogens (tertiary/aromatic N) is 1. The van der Waals surface area contributed by atoms with Gasteiger partial charge in [-0.25, -0.2) is 0 Å². The molecule has 4 rings (SSSR count). The summed E-state index contributed by atoms with van der Waals surface area (Å²) in [5.41, 5.74) is 2.64.